The van der Waals surface area contributed by atoms with Gasteiger partial charge in [-0.15, -0.1) is 0 Å². The molecule has 1 aromatic heterocycles. The second-order valence-corrected chi connectivity index (χ2v) is 6.24. The Morgan fingerprint density at radius 1 is 1.52 bits per heavy atom. The average Bonchev–Trinajstić information content (AvgIpc) is 2.98. The summed E-state index contributed by atoms with van der Waals surface area (Å²) in [5, 5.41) is 9.23. The summed E-state index contributed by atoms with van der Waals surface area (Å²) < 4.78 is 1.42. The number of aliphatic hydroxyl groups is 1. The van der Waals surface area contributed by atoms with Crippen molar-refractivity contribution in [3.8, 4) is 0 Å². The zero-order chi connectivity index (χ0) is 17.0. The highest BCUT2D eigenvalue weighted by Gasteiger charge is 2.25. The molecule has 1 fully saturated rings. The first kappa shape index (κ1) is 17.5. The largest absolute Gasteiger partial charge is 0.396 e. The van der Waals surface area contributed by atoms with E-state index in [1.165, 1.54) is 4.57 Å². The number of hydrogen-bond donors (Lipinski definition) is 1. The molecule has 0 bridgehead atoms. The Bertz CT molecular complexity index is 599. The van der Waals surface area contributed by atoms with Crippen LogP contribution in [0.2, 0.25) is 0 Å². The van der Waals surface area contributed by atoms with Crippen LogP contribution in [0.25, 0.3) is 0 Å². The van der Waals surface area contributed by atoms with Crippen molar-refractivity contribution < 1.29 is 9.90 Å². The summed E-state index contributed by atoms with van der Waals surface area (Å²) >= 11 is 0. The summed E-state index contributed by atoms with van der Waals surface area (Å²) in [6, 6.07) is 0.105. The highest BCUT2D eigenvalue weighted by Crippen LogP contribution is 2.18. The number of carbonyl (C=O) groups is 1. The van der Waals surface area contributed by atoms with Gasteiger partial charge in [-0.25, -0.2) is 4.98 Å². The number of anilines is 1. The predicted molar refractivity (Wildman–Crippen MR) is 88.4 cm³/mol. The van der Waals surface area contributed by atoms with Crippen molar-refractivity contribution in [2.24, 2.45) is 5.92 Å². The Kier molecular flexibility index (Phi) is 5.76. The van der Waals surface area contributed by atoms with Crippen LogP contribution in [0.15, 0.2) is 17.2 Å². The van der Waals surface area contributed by atoms with Gasteiger partial charge in [0.25, 0.3) is 5.56 Å². The van der Waals surface area contributed by atoms with Crippen LogP contribution in [0, 0.1) is 5.92 Å². The third-order valence-corrected chi connectivity index (χ3v) is 4.33. The number of carbonyl (C=O) groups excluding carboxylic acids is 1. The molecule has 1 aliphatic rings. The summed E-state index contributed by atoms with van der Waals surface area (Å²) in [4.78, 5) is 32.8. The Labute approximate surface area is 136 Å². The molecule has 1 aromatic rings. The van der Waals surface area contributed by atoms with Crippen molar-refractivity contribution >= 4 is 11.7 Å². The molecule has 1 saturated heterocycles. The number of nitrogens with zero attached hydrogens (tertiary/aromatic N) is 4. The van der Waals surface area contributed by atoms with E-state index in [0.717, 1.165) is 6.42 Å². The molecule has 128 valence electrons. The van der Waals surface area contributed by atoms with Crippen LogP contribution in [-0.2, 0) is 11.3 Å². The highest BCUT2D eigenvalue weighted by molar-refractivity contribution is 5.76. The van der Waals surface area contributed by atoms with E-state index < -0.39 is 0 Å². The molecule has 0 spiro atoms. The van der Waals surface area contributed by atoms with Gasteiger partial charge >= 0.3 is 0 Å². The van der Waals surface area contributed by atoms with Crippen molar-refractivity contribution in [1.82, 2.24) is 14.5 Å². The molecule has 2 heterocycles. The minimum atomic E-state index is -0.251. The maximum absolute atomic E-state index is 12.6. The molecule has 2 rings (SSSR count). The lowest BCUT2D eigenvalue weighted by Crippen LogP contribution is -2.41. The molecule has 7 heteroatoms. The molecule has 1 aliphatic heterocycles. The second kappa shape index (κ2) is 7.59. The van der Waals surface area contributed by atoms with Gasteiger partial charge in [-0.3, -0.25) is 9.59 Å². The maximum atomic E-state index is 12.6. The Hall–Kier alpha value is -1.89. The normalized spacial score (nSPS) is 17.8. The minimum absolute atomic E-state index is 0.0254. The predicted octanol–water partition coefficient (Wildman–Crippen LogP) is 0.319. The van der Waals surface area contributed by atoms with E-state index in [9.17, 15) is 14.7 Å². The first-order valence-electron chi connectivity index (χ1n) is 8.18. The van der Waals surface area contributed by atoms with Gasteiger partial charge in [-0.1, -0.05) is 0 Å². The fourth-order valence-electron chi connectivity index (χ4n) is 3.02. The molecular weight excluding hydrogens is 296 g/mol. The van der Waals surface area contributed by atoms with E-state index in [2.05, 4.69) is 4.98 Å². The molecule has 1 amide bonds. The molecule has 0 aliphatic carbocycles. The Morgan fingerprint density at radius 2 is 2.26 bits per heavy atom. The number of hydrogen-bond acceptors (Lipinski definition) is 5. The molecule has 0 aromatic carbocycles. The van der Waals surface area contributed by atoms with E-state index in [4.69, 9.17) is 0 Å². The second-order valence-electron chi connectivity index (χ2n) is 6.24. The molecule has 7 nitrogen and oxygen atoms in total. The number of likely N-dealkylation sites (N-methyl/N-ethyl adjacent to an activating group) is 1. The van der Waals surface area contributed by atoms with E-state index >= 15 is 0 Å². The van der Waals surface area contributed by atoms with Gasteiger partial charge in [-0.05, 0) is 27.2 Å². The average molecular weight is 322 g/mol. The molecule has 0 radical (unpaired) electrons. The lowest BCUT2D eigenvalue weighted by Gasteiger charge is -2.25. The van der Waals surface area contributed by atoms with Crippen LogP contribution in [-0.4, -0.2) is 57.7 Å². The van der Waals surface area contributed by atoms with Gasteiger partial charge in [-0.2, -0.15) is 0 Å². The number of amides is 1. The van der Waals surface area contributed by atoms with Crippen LogP contribution >= 0.6 is 0 Å². The third kappa shape index (κ3) is 3.90. The zero-order valence-corrected chi connectivity index (χ0v) is 14.1. The number of rotatable bonds is 6. The number of aliphatic hydroxyl groups excluding tert-OH is 1. The van der Waals surface area contributed by atoms with Crippen molar-refractivity contribution in [2.45, 2.75) is 39.8 Å². The van der Waals surface area contributed by atoms with Gasteiger partial charge in [0.1, 0.15) is 6.54 Å². The van der Waals surface area contributed by atoms with E-state index in [1.807, 2.05) is 25.7 Å². The van der Waals surface area contributed by atoms with Crippen LogP contribution in [0.4, 0.5) is 5.82 Å². The lowest BCUT2D eigenvalue weighted by molar-refractivity contribution is -0.133. The summed E-state index contributed by atoms with van der Waals surface area (Å²) in [6.45, 7) is 7.95. The summed E-state index contributed by atoms with van der Waals surface area (Å²) in [6.07, 6.45) is 3.96. The molecule has 0 saturated carbocycles. The van der Waals surface area contributed by atoms with Gasteiger partial charge in [0, 0.05) is 50.6 Å². The molecule has 23 heavy (non-hydrogen) atoms. The highest BCUT2D eigenvalue weighted by atomic mass is 16.3. The van der Waals surface area contributed by atoms with Crippen molar-refractivity contribution in [2.75, 3.05) is 31.1 Å². The molecule has 1 atom stereocenters. The van der Waals surface area contributed by atoms with Gasteiger partial charge in [0.15, 0.2) is 5.82 Å². The summed E-state index contributed by atoms with van der Waals surface area (Å²) in [5.74, 6) is 0.475. The first-order valence-corrected chi connectivity index (χ1v) is 8.18. The van der Waals surface area contributed by atoms with Gasteiger partial charge < -0.3 is 19.5 Å². The molecule has 0 unspecified atom stereocenters. The standard InChI is InChI=1S/C16H26N4O3/c1-4-20(12(2)3)14(22)10-19-8-6-17-15(16(19)23)18-7-5-13(9-18)11-21/h6,8,12-13,21H,4-5,7,9-11H2,1-3H3/t13-/m0/s1. The summed E-state index contributed by atoms with van der Waals surface area (Å²) in [5.41, 5.74) is -0.251. The lowest BCUT2D eigenvalue weighted by atomic mass is 10.1. The quantitative estimate of drug-likeness (QED) is 0.816. The van der Waals surface area contributed by atoms with Crippen molar-refractivity contribution in [3.05, 3.63) is 22.7 Å². The van der Waals surface area contributed by atoms with Crippen LogP contribution in [0.5, 0.6) is 0 Å². The fraction of sp³-hybridized carbons (Fsp3) is 0.688. The number of aromatic nitrogens is 2. The Balaban J connectivity index is 2.17. The van der Waals surface area contributed by atoms with Crippen LogP contribution < -0.4 is 10.5 Å². The first-order chi connectivity index (χ1) is 11.0. The molecule has 1 N–H and O–H groups in total. The molecular formula is C16H26N4O3. The van der Waals surface area contributed by atoms with E-state index in [-0.39, 0.29) is 36.6 Å². The van der Waals surface area contributed by atoms with Crippen molar-refractivity contribution in [1.29, 1.82) is 0 Å². The van der Waals surface area contributed by atoms with Crippen LogP contribution in [0.1, 0.15) is 27.2 Å². The van der Waals surface area contributed by atoms with Crippen molar-refractivity contribution in [3.63, 3.8) is 0 Å². The Morgan fingerprint density at radius 3 is 2.83 bits per heavy atom. The van der Waals surface area contributed by atoms with Gasteiger partial charge in [0.2, 0.25) is 5.91 Å². The minimum Gasteiger partial charge on any atom is -0.396 e. The smallest absolute Gasteiger partial charge is 0.293 e. The monoisotopic (exact) mass is 322 g/mol. The fourth-order valence-corrected chi connectivity index (χ4v) is 3.02. The zero-order valence-electron chi connectivity index (χ0n) is 14.1. The maximum Gasteiger partial charge on any atom is 0.293 e. The van der Waals surface area contributed by atoms with E-state index in [1.54, 1.807) is 17.3 Å². The third-order valence-electron chi connectivity index (χ3n) is 4.33. The van der Waals surface area contributed by atoms with E-state index in [0.29, 0.717) is 25.5 Å². The van der Waals surface area contributed by atoms with Gasteiger partial charge in [0.05, 0.1) is 0 Å². The SMILES string of the molecule is CCN(C(=O)Cn1ccnc(N2CC[C@H](CO)C2)c1=O)C(C)C. The topological polar surface area (TPSA) is 78.7 Å². The van der Waals surface area contributed by atoms with Crippen LogP contribution in [0.3, 0.4) is 0 Å². The summed E-state index contributed by atoms with van der Waals surface area (Å²) in [7, 11) is 0.